The van der Waals surface area contributed by atoms with Crippen LogP contribution < -0.4 is 10.5 Å². The zero-order valence-electron chi connectivity index (χ0n) is 9.84. The summed E-state index contributed by atoms with van der Waals surface area (Å²) >= 11 is 0. The summed E-state index contributed by atoms with van der Waals surface area (Å²) in [4.78, 5) is 0. The minimum atomic E-state index is -4.21. The monoisotopic (exact) mass is 309 g/mol. The lowest BCUT2D eigenvalue weighted by Gasteiger charge is -2.09. The average Bonchev–Trinajstić information content (AvgIpc) is 2.16. The van der Waals surface area contributed by atoms with Crippen molar-refractivity contribution in [2.75, 3.05) is 16.1 Å². The Bertz CT molecular complexity index is 713. The molecule has 19 heavy (non-hydrogen) atoms. The van der Waals surface area contributed by atoms with E-state index in [0.717, 1.165) is 18.4 Å². The molecule has 7 nitrogen and oxygen atoms in total. The zero-order chi connectivity index (χ0) is 14.8. The van der Waals surface area contributed by atoms with Crippen LogP contribution in [0.2, 0.25) is 0 Å². The molecule has 0 aliphatic carbocycles. The van der Waals surface area contributed by atoms with Crippen LogP contribution in [0.4, 0.5) is 10.1 Å². The summed E-state index contributed by atoms with van der Waals surface area (Å²) in [5, 5.41) is 5.95. The predicted octanol–water partition coefficient (Wildman–Crippen LogP) is -0.146. The second-order valence-corrected chi connectivity index (χ2v) is 8.10. The van der Waals surface area contributed by atoms with E-state index < -0.39 is 36.5 Å². The Morgan fingerprint density at radius 2 is 1.95 bits per heavy atom. The number of nitrogens with one attached hydrogen (secondary N) is 2. The summed E-state index contributed by atoms with van der Waals surface area (Å²) in [5.74, 6) is -1.32. The van der Waals surface area contributed by atoms with Crippen molar-refractivity contribution in [1.82, 2.24) is 0 Å². The average molecular weight is 309 g/mol. The van der Waals surface area contributed by atoms with Gasteiger partial charge in [-0.3, -0.25) is 10.1 Å². The number of benzene rings is 1. The normalized spacial score (nSPS) is 12.1. The molecule has 0 heterocycles. The molecule has 4 N–H and O–H groups in total. The summed E-state index contributed by atoms with van der Waals surface area (Å²) in [6.45, 7) is 0. The molecule has 0 saturated heterocycles. The lowest BCUT2D eigenvalue weighted by atomic mass is 10.2. The van der Waals surface area contributed by atoms with E-state index in [1.165, 1.54) is 6.07 Å². The van der Waals surface area contributed by atoms with Crippen LogP contribution in [0.1, 0.15) is 5.56 Å². The van der Waals surface area contributed by atoms with Gasteiger partial charge in [0.05, 0.1) is 5.69 Å². The van der Waals surface area contributed by atoms with Gasteiger partial charge >= 0.3 is 0 Å². The Hall–Kier alpha value is -1.68. The van der Waals surface area contributed by atoms with Crippen molar-refractivity contribution in [3.05, 3.63) is 29.6 Å². The highest BCUT2D eigenvalue weighted by atomic mass is 32.3. The van der Waals surface area contributed by atoms with Crippen molar-refractivity contribution in [2.45, 2.75) is 0 Å². The molecular formula is C9H12FN3O4S2. The first kappa shape index (κ1) is 15.4. The summed E-state index contributed by atoms with van der Waals surface area (Å²) in [7, 11) is -7.97. The molecule has 106 valence electrons. The molecule has 0 fully saturated rings. The minimum Gasteiger partial charge on any atom is -0.384 e. The topological polar surface area (TPSA) is 130 Å². The van der Waals surface area contributed by atoms with Gasteiger partial charge < -0.3 is 5.73 Å². The summed E-state index contributed by atoms with van der Waals surface area (Å²) in [6.07, 6.45) is 0.751. The van der Waals surface area contributed by atoms with E-state index >= 15 is 0 Å². The molecule has 10 heteroatoms. The minimum absolute atomic E-state index is 0.0866. The number of halogens is 1. The van der Waals surface area contributed by atoms with E-state index in [9.17, 15) is 21.2 Å². The van der Waals surface area contributed by atoms with Crippen LogP contribution in [0.25, 0.3) is 0 Å². The van der Waals surface area contributed by atoms with Gasteiger partial charge in [0.25, 0.3) is 0 Å². The van der Waals surface area contributed by atoms with Crippen molar-refractivity contribution in [2.24, 2.45) is 5.73 Å². The lowest BCUT2D eigenvalue weighted by molar-refractivity contribution is 0.593. The van der Waals surface area contributed by atoms with Gasteiger partial charge in [-0.15, -0.1) is 0 Å². The zero-order valence-corrected chi connectivity index (χ0v) is 11.5. The van der Waals surface area contributed by atoms with E-state index in [-0.39, 0.29) is 11.4 Å². The maximum absolute atomic E-state index is 13.5. The molecule has 0 bridgehead atoms. The maximum atomic E-state index is 13.5. The molecular weight excluding hydrogens is 297 g/mol. The first-order chi connectivity index (χ1) is 8.50. The quantitative estimate of drug-likeness (QED) is 0.514. The van der Waals surface area contributed by atoms with Gasteiger partial charge in [0, 0.05) is 11.8 Å². The third-order valence-corrected chi connectivity index (χ3v) is 5.40. The number of hydrogen-bond acceptors (Lipinski definition) is 5. The summed E-state index contributed by atoms with van der Waals surface area (Å²) < 4.78 is 60.1. The van der Waals surface area contributed by atoms with Crippen molar-refractivity contribution in [3.8, 4) is 0 Å². The number of sulfone groups is 1. The molecule has 1 rings (SSSR count). The third kappa shape index (κ3) is 4.83. The van der Waals surface area contributed by atoms with Gasteiger partial charge in [0.2, 0.25) is 10.0 Å². The second-order valence-electron chi connectivity index (χ2n) is 3.87. The van der Waals surface area contributed by atoms with Crippen molar-refractivity contribution in [3.63, 3.8) is 0 Å². The Morgan fingerprint density at radius 3 is 2.37 bits per heavy atom. The molecule has 1 aromatic carbocycles. The summed E-state index contributed by atoms with van der Waals surface area (Å²) in [5.41, 5.74) is 4.82. The van der Waals surface area contributed by atoms with Gasteiger partial charge in [0.1, 0.15) is 11.7 Å². The van der Waals surface area contributed by atoms with Gasteiger partial charge in [-0.05, 0) is 18.2 Å². The van der Waals surface area contributed by atoms with E-state index in [1.807, 2.05) is 4.72 Å². The van der Waals surface area contributed by atoms with E-state index in [0.29, 0.717) is 0 Å². The number of hydrogen-bond donors (Lipinski definition) is 3. The van der Waals surface area contributed by atoms with Crippen LogP contribution in [-0.2, 0) is 19.9 Å². The van der Waals surface area contributed by atoms with Crippen LogP contribution in [0.3, 0.4) is 0 Å². The molecule has 0 saturated carbocycles. The van der Waals surface area contributed by atoms with Crippen LogP contribution in [0.5, 0.6) is 0 Å². The smallest absolute Gasteiger partial charge is 0.247 e. The molecule has 0 amide bonds. The first-order valence-corrected chi connectivity index (χ1v) is 8.53. The number of amidine groups is 1. The summed E-state index contributed by atoms with van der Waals surface area (Å²) in [6, 6.07) is 3.18. The SMILES string of the molecule is CS(=O)(=O)CS(=O)(=O)Nc1ccc(C(=N)N)cc1F. The standard InChI is InChI=1S/C9H12FN3O4S2/c1-18(14,15)5-19(16,17)13-8-3-2-6(9(11)12)4-7(8)10/h2-4,13H,5H2,1H3,(H3,11,12). The highest BCUT2D eigenvalue weighted by molar-refractivity contribution is 8.08. The molecule has 0 aliphatic rings. The number of sulfonamides is 1. The van der Waals surface area contributed by atoms with Gasteiger partial charge in [0.15, 0.2) is 14.9 Å². The van der Waals surface area contributed by atoms with Gasteiger partial charge in [-0.25, -0.2) is 21.2 Å². The van der Waals surface area contributed by atoms with E-state index in [4.69, 9.17) is 11.1 Å². The molecule has 0 atom stereocenters. The fraction of sp³-hybridized carbons (Fsp3) is 0.222. The molecule has 1 aromatic rings. The van der Waals surface area contributed by atoms with Crippen LogP contribution in [0, 0.1) is 11.2 Å². The van der Waals surface area contributed by atoms with E-state index in [2.05, 4.69) is 0 Å². The first-order valence-electron chi connectivity index (χ1n) is 4.82. The largest absolute Gasteiger partial charge is 0.384 e. The van der Waals surface area contributed by atoms with Crippen LogP contribution >= 0.6 is 0 Å². The molecule has 0 radical (unpaired) electrons. The Morgan fingerprint density at radius 1 is 1.37 bits per heavy atom. The Labute approximate surface area is 110 Å². The fourth-order valence-corrected chi connectivity index (χ4v) is 4.24. The third-order valence-electron chi connectivity index (χ3n) is 1.91. The predicted molar refractivity (Wildman–Crippen MR) is 69.7 cm³/mol. The fourth-order valence-electron chi connectivity index (χ4n) is 1.24. The van der Waals surface area contributed by atoms with Crippen molar-refractivity contribution < 1.29 is 21.2 Å². The number of nitrogen functional groups attached to an aromatic ring is 1. The van der Waals surface area contributed by atoms with Gasteiger partial charge in [-0.1, -0.05) is 0 Å². The Kier molecular flexibility index (Phi) is 4.15. The highest BCUT2D eigenvalue weighted by Gasteiger charge is 2.19. The molecule has 0 unspecified atom stereocenters. The van der Waals surface area contributed by atoms with Gasteiger partial charge in [-0.2, -0.15) is 0 Å². The van der Waals surface area contributed by atoms with Crippen molar-refractivity contribution in [1.29, 1.82) is 5.41 Å². The highest BCUT2D eigenvalue weighted by Crippen LogP contribution is 2.17. The number of rotatable bonds is 5. The van der Waals surface area contributed by atoms with Crippen molar-refractivity contribution >= 4 is 31.4 Å². The maximum Gasteiger partial charge on any atom is 0.247 e. The Balaban J connectivity index is 3.04. The van der Waals surface area contributed by atoms with Crippen LogP contribution in [-0.4, -0.2) is 34.0 Å². The van der Waals surface area contributed by atoms with E-state index in [1.54, 1.807) is 0 Å². The number of anilines is 1. The second kappa shape index (κ2) is 5.13. The molecule has 0 aliphatic heterocycles. The number of nitrogens with two attached hydrogens (primary N) is 1. The molecule has 0 aromatic heterocycles. The lowest BCUT2D eigenvalue weighted by Crippen LogP contribution is -2.23. The molecule has 0 spiro atoms. The van der Waals surface area contributed by atoms with Crippen LogP contribution in [0.15, 0.2) is 18.2 Å².